The minimum Gasteiger partial charge on any atom is -0.465 e. The number of aromatic nitrogens is 1. The van der Waals surface area contributed by atoms with E-state index >= 15 is 0 Å². The van der Waals surface area contributed by atoms with Crippen molar-refractivity contribution in [2.45, 2.75) is 0 Å². The predicted octanol–water partition coefficient (Wildman–Crippen LogP) is 2.10. The SMILES string of the molecule is O=C(NN=CC=Cc1ccco1)c1cccnc1. The molecule has 18 heavy (non-hydrogen) atoms. The number of pyridine rings is 1. The highest BCUT2D eigenvalue weighted by atomic mass is 16.3. The van der Waals surface area contributed by atoms with Crippen LogP contribution in [0.25, 0.3) is 6.08 Å². The third-order valence-electron chi connectivity index (χ3n) is 2.05. The highest BCUT2D eigenvalue weighted by molar-refractivity contribution is 5.94. The van der Waals surface area contributed by atoms with Crippen molar-refractivity contribution in [3.05, 3.63) is 60.3 Å². The molecule has 1 amide bonds. The van der Waals surface area contributed by atoms with Crippen LogP contribution in [0.4, 0.5) is 0 Å². The second kappa shape index (κ2) is 6.15. The Balaban J connectivity index is 1.83. The van der Waals surface area contributed by atoms with Gasteiger partial charge in [-0.25, -0.2) is 5.43 Å². The molecule has 2 aromatic heterocycles. The predicted molar refractivity (Wildman–Crippen MR) is 67.9 cm³/mol. The van der Waals surface area contributed by atoms with Gasteiger partial charge in [0.25, 0.3) is 5.91 Å². The lowest BCUT2D eigenvalue weighted by Crippen LogP contribution is -2.17. The zero-order valence-electron chi connectivity index (χ0n) is 9.48. The van der Waals surface area contributed by atoms with Gasteiger partial charge >= 0.3 is 0 Å². The summed E-state index contributed by atoms with van der Waals surface area (Å²) in [5.41, 5.74) is 2.85. The maximum absolute atomic E-state index is 11.5. The first-order chi connectivity index (χ1) is 8.86. The normalized spacial score (nSPS) is 11.1. The largest absolute Gasteiger partial charge is 0.465 e. The first-order valence-electron chi connectivity index (χ1n) is 5.30. The molecule has 0 saturated heterocycles. The smallest absolute Gasteiger partial charge is 0.272 e. The monoisotopic (exact) mass is 241 g/mol. The van der Waals surface area contributed by atoms with Crippen molar-refractivity contribution in [1.29, 1.82) is 0 Å². The Morgan fingerprint density at radius 1 is 1.39 bits per heavy atom. The van der Waals surface area contributed by atoms with Crippen LogP contribution in [0, 0.1) is 0 Å². The highest BCUT2D eigenvalue weighted by Crippen LogP contribution is 2.00. The molecule has 0 aliphatic heterocycles. The maximum atomic E-state index is 11.5. The molecule has 0 unspecified atom stereocenters. The van der Waals surface area contributed by atoms with E-state index in [1.54, 1.807) is 42.8 Å². The van der Waals surface area contributed by atoms with E-state index in [1.807, 2.05) is 6.07 Å². The van der Waals surface area contributed by atoms with Crippen molar-refractivity contribution in [3.8, 4) is 0 Å². The summed E-state index contributed by atoms with van der Waals surface area (Å²) in [5, 5.41) is 3.77. The first kappa shape index (κ1) is 11.8. The van der Waals surface area contributed by atoms with E-state index in [-0.39, 0.29) is 5.91 Å². The van der Waals surface area contributed by atoms with Crippen molar-refractivity contribution in [2.75, 3.05) is 0 Å². The molecule has 0 radical (unpaired) electrons. The quantitative estimate of drug-likeness (QED) is 0.658. The van der Waals surface area contributed by atoms with Crippen molar-refractivity contribution in [3.63, 3.8) is 0 Å². The number of furan rings is 1. The Morgan fingerprint density at radius 2 is 2.33 bits per heavy atom. The fourth-order valence-electron chi connectivity index (χ4n) is 1.22. The second-order valence-corrected chi connectivity index (χ2v) is 3.34. The molecular weight excluding hydrogens is 230 g/mol. The number of allylic oxidation sites excluding steroid dienone is 1. The molecule has 90 valence electrons. The molecule has 1 N–H and O–H groups in total. The minimum absolute atomic E-state index is 0.300. The molecule has 2 heterocycles. The molecule has 0 bridgehead atoms. The lowest BCUT2D eigenvalue weighted by molar-refractivity contribution is 0.0955. The van der Waals surface area contributed by atoms with Gasteiger partial charge < -0.3 is 4.42 Å². The molecule has 0 spiro atoms. The summed E-state index contributed by atoms with van der Waals surface area (Å²) >= 11 is 0. The summed E-state index contributed by atoms with van der Waals surface area (Å²) in [6.07, 6.45) is 9.54. The lowest BCUT2D eigenvalue weighted by atomic mass is 10.3. The van der Waals surface area contributed by atoms with Gasteiger partial charge in [-0.1, -0.05) is 0 Å². The summed E-state index contributed by atoms with van der Waals surface area (Å²) in [6, 6.07) is 6.96. The van der Waals surface area contributed by atoms with Crippen LogP contribution >= 0.6 is 0 Å². The van der Waals surface area contributed by atoms with Crippen LogP contribution in [0.1, 0.15) is 16.1 Å². The molecule has 5 heteroatoms. The Kier molecular flexibility index (Phi) is 4.02. The van der Waals surface area contributed by atoms with Gasteiger partial charge in [0.2, 0.25) is 0 Å². The highest BCUT2D eigenvalue weighted by Gasteiger charge is 2.01. The number of nitrogens with one attached hydrogen (secondary N) is 1. The molecule has 0 fully saturated rings. The molecule has 2 aromatic rings. The molecule has 0 aliphatic carbocycles. The molecule has 0 saturated carbocycles. The van der Waals surface area contributed by atoms with Crippen molar-refractivity contribution in [1.82, 2.24) is 10.4 Å². The summed E-state index contributed by atoms with van der Waals surface area (Å²) in [7, 11) is 0. The molecule has 2 rings (SSSR count). The summed E-state index contributed by atoms with van der Waals surface area (Å²) in [6.45, 7) is 0. The fraction of sp³-hybridized carbons (Fsp3) is 0. The van der Waals surface area contributed by atoms with Crippen LogP contribution in [-0.2, 0) is 0 Å². The zero-order chi connectivity index (χ0) is 12.6. The molecule has 0 aliphatic rings. The third kappa shape index (κ3) is 3.41. The van der Waals surface area contributed by atoms with Gasteiger partial charge in [0.15, 0.2) is 0 Å². The lowest BCUT2D eigenvalue weighted by Gasteiger charge is -1.96. The van der Waals surface area contributed by atoms with E-state index in [0.29, 0.717) is 5.56 Å². The van der Waals surface area contributed by atoms with Crippen LogP contribution in [0.15, 0.2) is 58.5 Å². The average Bonchev–Trinajstić information content (AvgIpc) is 2.92. The van der Waals surface area contributed by atoms with Crippen molar-refractivity contribution in [2.24, 2.45) is 5.10 Å². The van der Waals surface area contributed by atoms with E-state index in [2.05, 4.69) is 15.5 Å². The van der Waals surface area contributed by atoms with Gasteiger partial charge in [0.05, 0.1) is 11.8 Å². The molecule has 0 aromatic carbocycles. The van der Waals surface area contributed by atoms with Crippen molar-refractivity contribution >= 4 is 18.2 Å². The van der Waals surface area contributed by atoms with Gasteiger partial charge in [0.1, 0.15) is 5.76 Å². The maximum Gasteiger partial charge on any atom is 0.272 e. The fourth-order valence-corrected chi connectivity index (χ4v) is 1.22. The van der Waals surface area contributed by atoms with E-state index < -0.39 is 0 Å². The molecular formula is C13H11N3O2. The van der Waals surface area contributed by atoms with Crippen LogP contribution in [0.2, 0.25) is 0 Å². The van der Waals surface area contributed by atoms with Gasteiger partial charge in [-0.15, -0.1) is 0 Å². The van der Waals surface area contributed by atoms with Gasteiger partial charge in [0, 0.05) is 18.6 Å². The second-order valence-electron chi connectivity index (χ2n) is 3.34. The van der Waals surface area contributed by atoms with Gasteiger partial charge in [-0.2, -0.15) is 5.10 Å². The Labute approximate surface area is 104 Å². The topological polar surface area (TPSA) is 67.5 Å². The number of carbonyl (C=O) groups is 1. The Hall–Kier alpha value is -2.69. The number of carbonyl (C=O) groups excluding carboxylic acids is 1. The number of nitrogens with zero attached hydrogens (tertiary/aromatic N) is 2. The van der Waals surface area contributed by atoms with Crippen LogP contribution in [0.3, 0.4) is 0 Å². The molecule has 0 atom stereocenters. The number of rotatable bonds is 4. The van der Waals surface area contributed by atoms with Gasteiger partial charge in [-0.05, 0) is 36.4 Å². The number of hydrogen-bond acceptors (Lipinski definition) is 4. The van der Waals surface area contributed by atoms with E-state index in [0.717, 1.165) is 5.76 Å². The molecule has 5 nitrogen and oxygen atoms in total. The standard InChI is InChI=1S/C13H11N3O2/c17-13(11-4-1-7-14-10-11)16-15-8-2-5-12-6-3-9-18-12/h1-10H,(H,16,17). The van der Waals surface area contributed by atoms with Crippen molar-refractivity contribution < 1.29 is 9.21 Å². The summed E-state index contributed by atoms with van der Waals surface area (Å²) in [5.74, 6) is 0.422. The van der Waals surface area contributed by atoms with Crippen LogP contribution in [0.5, 0.6) is 0 Å². The number of hydrazone groups is 1. The first-order valence-corrected chi connectivity index (χ1v) is 5.30. The Bertz CT molecular complexity index is 545. The zero-order valence-corrected chi connectivity index (χ0v) is 9.48. The van der Waals surface area contributed by atoms with E-state index in [4.69, 9.17) is 4.42 Å². The summed E-state index contributed by atoms with van der Waals surface area (Å²) in [4.78, 5) is 15.4. The summed E-state index contributed by atoms with van der Waals surface area (Å²) < 4.78 is 5.09. The number of amides is 1. The van der Waals surface area contributed by atoms with E-state index in [9.17, 15) is 4.79 Å². The average molecular weight is 241 g/mol. The van der Waals surface area contributed by atoms with E-state index in [1.165, 1.54) is 12.4 Å². The van der Waals surface area contributed by atoms with Crippen LogP contribution in [-0.4, -0.2) is 17.1 Å². The Morgan fingerprint density at radius 3 is 3.06 bits per heavy atom. The van der Waals surface area contributed by atoms with Crippen LogP contribution < -0.4 is 5.43 Å². The van der Waals surface area contributed by atoms with Gasteiger partial charge in [-0.3, -0.25) is 9.78 Å². The minimum atomic E-state index is -0.300. The number of hydrogen-bond donors (Lipinski definition) is 1. The third-order valence-corrected chi connectivity index (χ3v) is 2.05.